The number of hydrogen-bond acceptors (Lipinski definition) is 7. The molecule has 2 heterocycles. The van der Waals surface area contributed by atoms with Gasteiger partial charge in [0.05, 0.1) is 37.9 Å². The second-order valence-corrected chi connectivity index (χ2v) is 8.29. The van der Waals surface area contributed by atoms with Gasteiger partial charge in [-0.3, -0.25) is 14.2 Å². The molecule has 202 valence electrons. The average molecular weight is 520 g/mol. The number of benzene rings is 2. The van der Waals surface area contributed by atoms with Gasteiger partial charge in [-0.1, -0.05) is 17.7 Å². The van der Waals surface area contributed by atoms with E-state index < -0.39 is 0 Å². The Bertz CT molecular complexity index is 1300. The van der Waals surface area contributed by atoms with Crippen molar-refractivity contribution in [3.63, 3.8) is 0 Å². The summed E-state index contributed by atoms with van der Waals surface area (Å²) in [6, 6.07) is 13.7. The average Bonchev–Trinajstić information content (AvgIpc) is 3.35. The summed E-state index contributed by atoms with van der Waals surface area (Å²) in [6.07, 6.45) is 6.33. The van der Waals surface area contributed by atoms with E-state index in [9.17, 15) is 4.79 Å². The van der Waals surface area contributed by atoms with Crippen LogP contribution in [0.3, 0.4) is 0 Å². The summed E-state index contributed by atoms with van der Waals surface area (Å²) in [4.78, 5) is 29.3. The van der Waals surface area contributed by atoms with Gasteiger partial charge in [-0.15, -0.1) is 0 Å². The number of hydrogen-bond donors (Lipinski definition) is 2. The van der Waals surface area contributed by atoms with Crippen molar-refractivity contribution in [3.8, 4) is 17.0 Å². The summed E-state index contributed by atoms with van der Waals surface area (Å²) in [7, 11) is 1.66. The number of nitrogens with one attached hydrogen (secondary N) is 1. The first-order valence-electron chi connectivity index (χ1n) is 12.3. The van der Waals surface area contributed by atoms with Gasteiger partial charge in [0.1, 0.15) is 12.0 Å². The van der Waals surface area contributed by atoms with Crippen molar-refractivity contribution in [2.24, 2.45) is 5.73 Å². The number of carbonyl (C=O) groups is 2. The molecule has 4 rings (SSSR count). The minimum Gasteiger partial charge on any atom is -0.497 e. The van der Waals surface area contributed by atoms with Crippen molar-refractivity contribution in [3.05, 3.63) is 83.4 Å². The summed E-state index contributed by atoms with van der Waals surface area (Å²) >= 11 is 0. The summed E-state index contributed by atoms with van der Waals surface area (Å²) in [5, 5.41) is 2.81. The molecule has 2 aromatic heterocycles. The summed E-state index contributed by atoms with van der Waals surface area (Å²) < 4.78 is 12.4. The molecule has 0 unspecified atom stereocenters. The molecule has 0 aliphatic heterocycles. The minimum absolute atomic E-state index is 0.0566. The van der Waals surface area contributed by atoms with Crippen molar-refractivity contribution >= 4 is 17.8 Å². The number of nitrogens with zero attached hydrogens (tertiary/aromatic N) is 3. The molecule has 9 nitrogen and oxygen atoms in total. The van der Waals surface area contributed by atoms with Crippen molar-refractivity contribution < 1.29 is 19.1 Å². The van der Waals surface area contributed by atoms with Crippen molar-refractivity contribution in [2.75, 3.05) is 33.4 Å². The molecule has 3 N–H and O–H groups in total. The van der Waals surface area contributed by atoms with E-state index in [1.54, 1.807) is 13.3 Å². The fourth-order valence-corrected chi connectivity index (χ4v) is 3.61. The zero-order valence-electron chi connectivity index (χ0n) is 22.7. The highest BCUT2D eigenvalue weighted by molar-refractivity contribution is 5.95. The van der Waals surface area contributed by atoms with Crippen LogP contribution in [0.4, 0.5) is 0 Å². The predicted molar refractivity (Wildman–Crippen MR) is 150 cm³/mol. The van der Waals surface area contributed by atoms with Gasteiger partial charge in [0.25, 0.3) is 5.91 Å². The molecule has 4 aromatic rings. The molecule has 0 fully saturated rings. The highest BCUT2D eigenvalue weighted by atomic mass is 16.5. The van der Waals surface area contributed by atoms with Crippen LogP contribution in [0, 0.1) is 20.8 Å². The first-order chi connectivity index (χ1) is 18.4. The van der Waals surface area contributed by atoms with Crippen LogP contribution in [0.15, 0.2) is 61.1 Å². The standard InChI is InChI=1S/C14H13N3O.C13H20N2O2.C2H4O/c1-10-14-16-9-13(17(14)8-7-15-10)11-3-5-12(18-2)6-4-11;1-10-3-4-12(11(2)9-10)13(16)15-6-8-17-7-5-14;1-2-3/h3-9H,1-2H3;3-4,9H,5-8,14H2,1-2H3,(H,15,16);2H,1H3. The number of rotatable bonds is 8. The maximum absolute atomic E-state index is 11.8. The highest BCUT2D eigenvalue weighted by Crippen LogP contribution is 2.23. The Morgan fingerprint density at radius 2 is 1.79 bits per heavy atom. The van der Waals surface area contributed by atoms with E-state index in [-0.39, 0.29) is 5.91 Å². The molecule has 2 aromatic carbocycles. The number of aromatic nitrogens is 3. The highest BCUT2D eigenvalue weighted by Gasteiger charge is 2.08. The second-order valence-electron chi connectivity index (χ2n) is 8.29. The summed E-state index contributed by atoms with van der Waals surface area (Å²) in [6.45, 7) is 9.38. The Morgan fingerprint density at radius 3 is 2.42 bits per heavy atom. The summed E-state index contributed by atoms with van der Waals surface area (Å²) in [5.41, 5.74) is 12.1. The molecule has 0 saturated heterocycles. The van der Waals surface area contributed by atoms with Crippen LogP contribution in [0.5, 0.6) is 5.75 Å². The number of aldehydes is 1. The van der Waals surface area contributed by atoms with Crippen LogP contribution in [-0.2, 0) is 9.53 Å². The number of amides is 1. The van der Waals surface area contributed by atoms with Gasteiger partial charge >= 0.3 is 0 Å². The molecular formula is C29H37N5O4. The molecule has 0 aliphatic carbocycles. The second kappa shape index (κ2) is 15.9. The quantitative estimate of drug-likeness (QED) is 0.267. The fourth-order valence-electron chi connectivity index (χ4n) is 3.61. The van der Waals surface area contributed by atoms with Gasteiger partial charge in [0.15, 0.2) is 5.65 Å². The number of fused-ring (bicyclic) bond motifs is 1. The lowest BCUT2D eigenvalue weighted by atomic mass is 10.1. The molecule has 0 bridgehead atoms. The van der Waals surface area contributed by atoms with E-state index in [1.807, 2.05) is 80.0 Å². The lowest BCUT2D eigenvalue weighted by Crippen LogP contribution is -2.28. The van der Waals surface area contributed by atoms with Gasteiger partial charge in [-0.2, -0.15) is 0 Å². The Labute approximate surface area is 224 Å². The molecule has 0 radical (unpaired) electrons. The number of aryl methyl sites for hydroxylation is 3. The Hall–Kier alpha value is -4.08. The number of methoxy groups -OCH3 is 1. The molecule has 9 heteroatoms. The Kier molecular flexibility index (Phi) is 12.6. The predicted octanol–water partition coefficient (Wildman–Crippen LogP) is 3.93. The normalized spacial score (nSPS) is 10.1. The first-order valence-corrected chi connectivity index (χ1v) is 12.3. The summed E-state index contributed by atoms with van der Waals surface area (Å²) in [5.74, 6) is 0.796. The zero-order chi connectivity index (χ0) is 27.9. The number of ether oxygens (including phenoxy) is 2. The third-order valence-electron chi connectivity index (χ3n) is 5.41. The minimum atomic E-state index is -0.0566. The largest absolute Gasteiger partial charge is 0.497 e. The molecular weight excluding hydrogens is 482 g/mol. The molecule has 38 heavy (non-hydrogen) atoms. The number of carbonyl (C=O) groups excluding carboxylic acids is 2. The van der Waals surface area contributed by atoms with Gasteiger partial charge < -0.3 is 25.3 Å². The lowest BCUT2D eigenvalue weighted by molar-refractivity contribution is -0.106. The van der Waals surface area contributed by atoms with Gasteiger partial charge in [-0.05, 0) is 63.6 Å². The van der Waals surface area contributed by atoms with E-state index in [2.05, 4.69) is 15.3 Å². The Balaban J connectivity index is 0.000000243. The van der Waals surface area contributed by atoms with Crippen molar-refractivity contribution in [1.82, 2.24) is 19.7 Å². The third-order valence-corrected chi connectivity index (χ3v) is 5.41. The smallest absolute Gasteiger partial charge is 0.251 e. The van der Waals surface area contributed by atoms with E-state index in [0.717, 1.165) is 51.3 Å². The fraction of sp³-hybridized carbons (Fsp3) is 0.310. The van der Waals surface area contributed by atoms with Gasteiger partial charge in [0, 0.05) is 36.6 Å². The first kappa shape index (κ1) is 30.1. The van der Waals surface area contributed by atoms with E-state index >= 15 is 0 Å². The van der Waals surface area contributed by atoms with Crippen LogP contribution >= 0.6 is 0 Å². The molecule has 0 aliphatic rings. The molecule has 1 amide bonds. The Morgan fingerprint density at radius 1 is 1.08 bits per heavy atom. The number of nitrogens with two attached hydrogens (primary N) is 1. The van der Waals surface area contributed by atoms with E-state index in [1.165, 1.54) is 6.92 Å². The lowest BCUT2D eigenvalue weighted by Gasteiger charge is -2.08. The van der Waals surface area contributed by atoms with Crippen LogP contribution in [0.1, 0.15) is 34.1 Å². The third kappa shape index (κ3) is 8.79. The van der Waals surface area contributed by atoms with Gasteiger partial charge in [0.2, 0.25) is 0 Å². The zero-order valence-corrected chi connectivity index (χ0v) is 22.7. The van der Waals surface area contributed by atoms with E-state index in [4.69, 9.17) is 20.0 Å². The van der Waals surface area contributed by atoms with Gasteiger partial charge in [-0.25, -0.2) is 4.98 Å². The van der Waals surface area contributed by atoms with E-state index in [0.29, 0.717) is 26.3 Å². The van der Waals surface area contributed by atoms with Crippen LogP contribution in [0.2, 0.25) is 0 Å². The SMILES string of the molecule is CC=O.COc1ccc(-c2cnc3c(C)nccn23)cc1.Cc1ccc(C(=O)NCCOCCN)c(C)c1. The number of imidazole rings is 1. The molecule has 0 saturated carbocycles. The van der Waals surface area contributed by atoms with Crippen LogP contribution in [0.25, 0.3) is 16.9 Å². The monoisotopic (exact) mass is 519 g/mol. The van der Waals surface area contributed by atoms with Crippen molar-refractivity contribution in [2.45, 2.75) is 27.7 Å². The maximum Gasteiger partial charge on any atom is 0.251 e. The van der Waals surface area contributed by atoms with Crippen LogP contribution in [-0.4, -0.2) is 60.0 Å². The van der Waals surface area contributed by atoms with Crippen molar-refractivity contribution in [1.29, 1.82) is 0 Å². The molecule has 0 atom stereocenters. The topological polar surface area (TPSA) is 121 Å². The van der Waals surface area contributed by atoms with Crippen LogP contribution < -0.4 is 15.8 Å². The maximum atomic E-state index is 11.8. The molecule has 0 spiro atoms.